The van der Waals surface area contributed by atoms with E-state index in [0.717, 1.165) is 0 Å². The maximum Gasteiger partial charge on any atom is 0.407 e. The summed E-state index contributed by atoms with van der Waals surface area (Å²) in [4.78, 5) is 45.9. The van der Waals surface area contributed by atoms with Crippen molar-refractivity contribution in [3.63, 3.8) is 0 Å². The number of alkyl carbamates (subject to hydrolysis) is 1. The maximum absolute atomic E-state index is 11.9. The Kier molecular flexibility index (Phi) is 8.73. The molecule has 1 aliphatic heterocycles. The van der Waals surface area contributed by atoms with Crippen LogP contribution in [0.2, 0.25) is 0 Å². The zero-order valence-electron chi connectivity index (χ0n) is 15.8. The fourth-order valence-corrected chi connectivity index (χ4v) is 2.61. The monoisotopic (exact) mass is 387 g/mol. The van der Waals surface area contributed by atoms with Crippen molar-refractivity contribution in [2.45, 2.75) is 52.2 Å². The van der Waals surface area contributed by atoms with Crippen molar-refractivity contribution in [2.75, 3.05) is 13.2 Å². The Balaban J connectivity index is 3.04. The second-order valence-corrected chi connectivity index (χ2v) is 5.95. The van der Waals surface area contributed by atoms with Gasteiger partial charge in [-0.05, 0) is 0 Å². The van der Waals surface area contributed by atoms with E-state index >= 15 is 0 Å². The molecule has 0 radical (unpaired) electrons. The summed E-state index contributed by atoms with van der Waals surface area (Å²) in [5.74, 6) is -2.33. The predicted molar refractivity (Wildman–Crippen MR) is 90.2 cm³/mol. The normalized spacial score (nSPS) is 27.0. The van der Waals surface area contributed by atoms with Gasteiger partial charge in [0.2, 0.25) is 6.29 Å². The van der Waals surface area contributed by atoms with Crippen LogP contribution in [0.15, 0.2) is 12.7 Å². The van der Waals surface area contributed by atoms with Gasteiger partial charge < -0.3 is 29.0 Å². The first kappa shape index (κ1) is 22.4. The number of esters is 3. The standard InChI is InChI=1S/C17H25NO9/c1-6-7-23-17(22)18-14-9(2)15(25-11(4)20)13(8-24-10(3)19)27-16(14)26-12(5)21/h6,9,13-16H,1,7-8H2,2-5H3,(H,18,22)/t9?,13-,14?,15+,16?/m0/s1. The Bertz CT molecular complexity index is 577. The minimum absolute atomic E-state index is 0.0194. The lowest BCUT2D eigenvalue weighted by Gasteiger charge is -2.44. The average molecular weight is 387 g/mol. The zero-order valence-corrected chi connectivity index (χ0v) is 15.8. The van der Waals surface area contributed by atoms with Crippen molar-refractivity contribution in [1.82, 2.24) is 5.32 Å². The molecule has 0 aromatic carbocycles. The van der Waals surface area contributed by atoms with Gasteiger partial charge in [-0.3, -0.25) is 14.4 Å². The predicted octanol–water partition coefficient (Wildman–Crippen LogP) is 0.686. The third-order valence-electron chi connectivity index (χ3n) is 3.71. The molecule has 152 valence electrons. The first-order valence-electron chi connectivity index (χ1n) is 8.33. The van der Waals surface area contributed by atoms with E-state index in [1.165, 1.54) is 26.8 Å². The molecule has 0 aromatic heterocycles. The Morgan fingerprint density at radius 3 is 2.19 bits per heavy atom. The molecule has 0 saturated carbocycles. The Labute approximate surface area is 157 Å². The van der Waals surface area contributed by atoms with Gasteiger partial charge in [-0.25, -0.2) is 4.79 Å². The van der Waals surface area contributed by atoms with Crippen LogP contribution in [0.25, 0.3) is 0 Å². The van der Waals surface area contributed by atoms with Crippen molar-refractivity contribution in [1.29, 1.82) is 0 Å². The summed E-state index contributed by atoms with van der Waals surface area (Å²) in [6.45, 7) is 8.49. The van der Waals surface area contributed by atoms with E-state index in [9.17, 15) is 19.2 Å². The van der Waals surface area contributed by atoms with Crippen molar-refractivity contribution < 1.29 is 42.9 Å². The lowest BCUT2D eigenvalue weighted by atomic mass is 9.88. The van der Waals surface area contributed by atoms with Crippen LogP contribution in [-0.2, 0) is 38.1 Å². The number of hydrogen-bond acceptors (Lipinski definition) is 9. The summed E-state index contributed by atoms with van der Waals surface area (Å²) < 4.78 is 25.9. The average Bonchev–Trinajstić information content (AvgIpc) is 2.56. The highest BCUT2D eigenvalue weighted by Crippen LogP contribution is 2.30. The number of ether oxygens (including phenoxy) is 5. The second-order valence-electron chi connectivity index (χ2n) is 5.95. The van der Waals surface area contributed by atoms with Gasteiger partial charge in [0.25, 0.3) is 0 Å². The highest BCUT2D eigenvalue weighted by Gasteiger charge is 2.48. The van der Waals surface area contributed by atoms with Crippen LogP contribution >= 0.6 is 0 Å². The Hall–Kier alpha value is -2.62. The highest BCUT2D eigenvalue weighted by molar-refractivity contribution is 5.69. The van der Waals surface area contributed by atoms with Crippen molar-refractivity contribution in [3.8, 4) is 0 Å². The van der Waals surface area contributed by atoms with E-state index in [-0.39, 0.29) is 13.2 Å². The second kappa shape index (κ2) is 10.5. The minimum atomic E-state index is -1.19. The molecule has 0 bridgehead atoms. The summed E-state index contributed by atoms with van der Waals surface area (Å²) in [5.41, 5.74) is 0. The molecule has 1 saturated heterocycles. The van der Waals surface area contributed by atoms with E-state index in [1.807, 2.05) is 0 Å². The van der Waals surface area contributed by atoms with Gasteiger partial charge >= 0.3 is 24.0 Å². The molecular formula is C17H25NO9. The summed E-state index contributed by atoms with van der Waals surface area (Å²) in [5, 5.41) is 2.54. The molecule has 10 nitrogen and oxygen atoms in total. The van der Waals surface area contributed by atoms with Crippen LogP contribution in [-0.4, -0.2) is 61.8 Å². The SMILES string of the molecule is C=CCOC(=O)NC1C(OC(C)=O)O[C@@H](COC(C)=O)[C@H](OC(C)=O)C1C. The van der Waals surface area contributed by atoms with Crippen LogP contribution in [0.1, 0.15) is 27.7 Å². The van der Waals surface area contributed by atoms with Gasteiger partial charge in [-0.1, -0.05) is 19.6 Å². The van der Waals surface area contributed by atoms with Gasteiger partial charge in [0.05, 0.1) is 0 Å². The molecule has 0 aliphatic carbocycles. The van der Waals surface area contributed by atoms with E-state index < -0.39 is 54.5 Å². The van der Waals surface area contributed by atoms with Crippen molar-refractivity contribution in [2.24, 2.45) is 5.92 Å². The van der Waals surface area contributed by atoms with Gasteiger partial charge in [-0.2, -0.15) is 0 Å². The molecular weight excluding hydrogens is 362 g/mol. The van der Waals surface area contributed by atoms with E-state index in [4.69, 9.17) is 23.7 Å². The molecule has 1 aliphatic rings. The summed E-state index contributed by atoms with van der Waals surface area (Å²) in [7, 11) is 0. The number of hydrogen-bond donors (Lipinski definition) is 1. The molecule has 1 heterocycles. The number of carbonyl (C=O) groups is 4. The molecule has 0 aromatic rings. The van der Waals surface area contributed by atoms with E-state index in [0.29, 0.717) is 0 Å². The van der Waals surface area contributed by atoms with Gasteiger partial charge in [0, 0.05) is 26.7 Å². The third kappa shape index (κ3) is 7.26. The van der Waals surface area contributed by atoms with Crippen LogP contribution in [0.3, 0.4) is 0 Å². The van der Waals surface area contributed by atoms with Gasteiger partial charge in [0.1, 0.15) is 31.5 Å². The lowest BCUT2D eigenvalue weighted by molar-refractivity contribution is -0.255. The van der Waals surface area contributed by atoms with E-state index in [1.54, 1.807) is 6.92 Å². The molecule has 1 fully saturated rings. The molecule has 3 unspecified atom stereocenters. The quantitative estimate of drug-likeness (QED) is 0.381. The van der Waals surface area contributed by atoms with Crippen molar-refractivity contribution in [3.05, 3.63) is 12.7 Å². The number of amides is 1. The minimum Gasteiger partial charge on any atom is -0.463 e. The first-order chi connectivity index (χ1) is 12.6. The summed E-state index contributed by atoms with van der Waals surface area (Å²) in [6, 6.07) is -0.871. The Morgan fingerprint density at radius 2 is 1.67 bits per heavy atom. The molecule has 5 atom stereocenters. The third-order valence-corrected chi connectivity index (χ3v) is 3.71. The fourth-order valence-electron chi connectivity index (χ4n) is 2.61. The molecule has 0 spiro atoms. The summed E-state index contributed by atoms with van der Waals surface area (Å²) in [6.07, 6.45) is -2.34. The van der Waals surface area contributed by atoms with Gasteiger partial charge in [0.15, 0.2) is 0 Å². The van der Waals surface area contributed by atoms with E-state index in [2.05, 4.69) is 11.9 Å². The lowest BCUT2D eigenvalue weighted by Crippen LogP contribution is -2.62. The fraction of sp³-hybridized carbons (Fsp3) is 0.647. The number of carbonyl (C=O) groups excluding carboxylic acids is 4. The summed E-state index contributed by atoms with van der Waals surface area (Å²) >= 11 is 0. The zero-order chi connectivity index (χ0) is 20.6. The molecule has 1 N–H and O–H groups in total. The van der Waals surface area contributed by atoms with Gasteiger partial charge in [-0.15, -0.1) is 0 Å². The van der Waals surface area contributed by atoms with Crippen LogP contribution in [0.4, 0.5) is 4.79 Å². The number of nitrogens with one attached hydrogen (secondary N) is 1. The number of rotatable bonds is 7. The molecule has 10 heteroatoms. The van der Waals surface area contributed by atoms with Crippen molar-refractivity contribution >= 4 is 24.0 Å². The highest BCUT2D eigenvalue weighted by atomic mass is 16.7. The molecule has 1 amide bonds. The smallest absolute Gasteiger partial charge is 0.407 e. The molecule has 27 heavy (non-hydrogen) atoms. The van der Waals surface area contributed by atoms with Crippen LogP contribution in [0, 0.1) is 5.92 Å². The first-order valence-corrected chi connectivity index (χ1v) is 8.33. The maximum atomic E-state index is 11.9. The Morgan fingerprint density at radius 1 is 1.04 bits per heavy atom. The van der Waals surface area contributed by atoms with Crippen LogP contribution in [0.5, 0.6) is 0 Å². The topological polar surface area (TPSA) is 126 Å². The molecule has 1 rings (SSSR count). The van der Waals surface area contributed by atoms with Crippen LogP contribution < -0.4 is 5.32 Å². The largest absolute Gasteiger partial charge is 0.463 e.